The quantitative estimate of drug-likeness (QED) is 0.606. The van der Waals surface area contributed by atoms with E-state index < -0.39 is 11.6 Å². The summed E-state index contributed by atoms with van der Waals surface area (Å²) in [5.41, 5.74) is 2.68. The Hall–Kier alpha value is -2.66. The maximum atomic E-state index is 14.7. The van der Waals surface area contributed by atoms with Gasteiger partial charge in [-0.3, -0.25) is 4.90 Å². The van der Waals surface area contributed by atoms with Crippen molar-refractivity contribution in [3.05, 3.63) is 89.2 Å². The number of aromatic nitrogens is 1. The van der Waals surface area contributed by atoms with E-state index in [1.54, 1.807) is 6.07 Å². The monoisotopic (exact) mass is 382 g/mol. The lowest BCUT2D eigenvalue weighted by Crippen LogP contribution is -2.30. The molecule has 0 saturated carbocycles. The summed E-state index contributed by atoms with van der Waals surface area (Å²) in [6.07, 6.45) is 3.00. The summed E-state index contributed by atoms with van der Waals surface area (Å²) < 4.78 is 35.9. The zero-order chi connectivity index (χ0) is 19.5. The molecular formula is C23H24F2N2O. The highest BCUT2D eigenvalue weighted by atomic mass is 19.1. The van der Waals surface area contributed by atoms with Crippen molar-refractivity contribution in [3.8, 4) is 5.75 Å². The molecule has 0 aliphatic carbocycles. The van der Waals surface area contributed by atoms with Gasteiger partial charge in [-0.25, -0.2) is 8.78 Å². The van der Waals surface area contributed by atoms with Gasteiger partial charge in [-0.05, 0) is 49.2 Å². The molecule has 28 heavy (non-hydrogen) atoms. The van der Waals surface area contributed by atoms with Gasteiger partial charge in [0.15, 0.2) is 0 Å². The van der Waals surface area contributed by atoms with E-state index in [-0.39, 0.29) is 6.04 Å². The average Bonchev–Trinajstić information content (AvgIpc) is 3.07. The lowest BCUT2D eigenvalue weighted by Gasteiger charge is -2.31. The molecule has 1 atom stereocenters. The number of nitrogens with zero attached hydrogens (tertiary/aromatic N) is 2. The van der Waals surface area contributed by atoms with Crippen molar-refractivity contribution >= 4 is 0 Å². The molecule has 0 spiro atoms. The lowest BCUT2D eigenvalue weighted by molar-refractivity contribution is 0.216. The van der Waals surface area contributed by atoms with Crippen molar-refractivity contribution in [1.29, 1.82) is 0 Å². The first-order chi connectivity index (χ1) is 13.7. The van der Waals surface area contributed by atoms with Crippen LogP contribution in [0, 0.1) is 11.6 Å². The first-order valence-corrected chi connectivity index (χ1v) is 9.71. The number of aryl methyl sites for hydroxylation is 1. The first kappa shape index (κ1) is 18.7. The predicted octanol–water partition coefficient (Wildman–Crippen LogP) is 5.16. The van der Waals surface area contributed by atoms with E-state index >= 15 is 0 Å². The number of hydrogen-bond acceptors (Lipinski definition) is 2. The molecule has 3 aromatic rings. The minimum atomic E-state index is -0.552. The molecule has 1 aromatic heterocycles. The van der Waals surface area contributed by atoms with Crippen molar-refractivity contribution in [2.45, 2.75) is 32.5 Å². The Morgan fingerprint density at radius 2 is 1.86 bits per heavy atom. The van der Waals surface area contributed by atoms with Crippen LogP contribution in [-0.2, 0) is 13.1 Å². The molecule has 5 heteroatoms. The SMILES string of the molecule is CCOc1ccc(CN2CCCn3cccc3C2c2ccc(F)cc2F)cc1. The molecule has 0 fully saturated rings. The predicted molar refractivity (Wildman–Crippen MR) is 105 cm³/mol. The largest absolute Gasteiger partial charge is 0.494 e. The lowest BCUT2D eigenvalue weighted by atomic mass is 10.00. The van der Waals surface area contributed by atoms with E-state index in [9.17, 15) is 8.78 Å². The van der Waals surface area contributed by atoms with Crippen LogP contribution < -0.4 is 4.74 Å². The molecular weight excluding hydrogens is 358 g/mol. The zero-order valence-corrected chi connectivity index (χ0v) is 15.9. The summed E-state index contributed by atoms with van der Waals surface area (Å²) in [6.45, 7) is 4.99. The molecule has 0 radical (unpaired) electrons. The number of benzene rings is 2. The van der Waals surface area contributed by atoms with Crippen LogP contribution in [-0.4, -0.2) is 22.6 Å². The Morgan fingerprint density at radius 1 is 1.04 bits per heavy atom. The molecule has 0 N–H and O–H groups in total. The van der Waals surface area contributed by atoms with E-state index in [1.807, 2.05) is 49.5 Å². The maximum Gasteiger partial charge on any atom is 0.131 e. The fraction of sp³-hybridized carbons (Fsp3) is 0.304. The Labute approximate surface area is 164 Å². The van der Waals surface area contributed by atoms with Gasteiger partial charge in [-0.2, -0.15) is 0 Å². The Balaban J connectivity index is 1.69. The third-order valence-corrected chi connectivity index (χ3v) is 5.23. The van der Waals surface area contributed by atoms with Crippen LogP contribution in [0.1, 0.15) is 36.2 Å². The molecule has 2 heterocycles. The third kappa shape index (κ3) is 3.80. The zero-order valence-electron chi connectivity index (χ0n) is 15.9. The van der Waals surface area contributed by atoms with Crippen LogP contribution in [0.3, 0.4) is 0 Å². The second-order valence-corrected chi connectivity index (χ2v) is 7.10. The van der Waals surface area contributed by atoms with Crippen LogP contribution in [0.15, 0.2) is 60.8 Å². The molecule has 146 valence electrons. The van der Waals surface area contributed by atoms with Crippen molar-refractivity contribution in [3.63, 3.8) is 0 Å². The van der Waals surface area contributed by atoms with E-state index in [1.165, 1.54) is 6.07 Å². The Morgan fingerprint density at radius 3 is 2.61 bits per heavy atom. The third-order valence-electron chi connectivity index (χ3n) is 5.23. The van der Waals surface area contributed by atoms with Crippen molar-refractivity contribution in [2.75, 3.05) is 13.2 Å². The van der Waals surface area contributed by atoms with E-state index in [2.05, 4.69) is 9.47 Å². The number of fused-ring (bicyclic) bond motifs is 1. The Bertz CT molecular complexity index is 936. The standard InChI is InChI=1S/C23H24F2N2O/c1-2-28-19-9-6-17(7-10-19)16-27-14-4-13-26-12-3-5-22(26)23(27)20-11-8-18(24)15-21(20)25/h3,5-12,15,23H,2,4,13-14,16H2,1H3. The van der Waals surface area contributed by atoms with Gasteiger partial charge in [-0.1, -0.05) is 18.2 Å². The van der Waals surface area contributed by atoms with Gasteiger partial charge in [0.25, 0.3) is 0 Å². The topological polar surface area (TPSA) is 17.4 Å². The van der Waals surface area contributed by atoms with Crippen LogP contribution in [0.25, 0.3) is 0 Å². The summed E-state index contributed by atoms with van der Waals surface area (Å²) in [7, 11) is 0. The summed E-state index contributed by atoms with van der Waals surface area (Å²) in [5, 5.41) is 0. The highest BCUT2D eigenvalue weighted by Gasteiger charge is 2.29. The summed E-state index contributed by atoms with van der Waals surface area (Å²) >= 11 is 0. The maximum absolute atomic E-state index is 14.7. The van der Waals surface area contributed by atoms with E-state index in [0.29, 0.717) is 18.7 Å². The fourth-order valence-electron chi connectivity index (χ4n) is 3.98. The van der Waals surface area contributed by atoms with Crippen LogP contribution in [0.5, 0.6) is 5.75 Å². The molecule has 2 aromatic carbocycles. The van der Waals surface area contributed by atoms with Crippen LogP contribution in [0.2, 0.25) is 0 Å². The summed E-state index contributed by atoms with van der Waals surface area (Å²) in [4.78, 5) is 2.27. The highest BCUT2D eigenvalue weighted by Crippen LogP contribution is 2.34. The number of hydrogen-bond donors (Lipinski definition) is 0. The number of rotatable bonds is 5. The number of halogens is 2. The summed E-state index contributed by atoms with van der Waals surface area (Å²) in [6, 6.07) is 15.7. The number of ether oxygens (including phenoxy) is 1. The molecule has 1 unspecified atom stereocenters. The van der Waals surface area contributed by atoms with E-state index in [4.69, 9.17) is 4.74 Å². The molecule has 0 amide bonds. The van der Waals surface area contributed by atoms with Crippen molar-refractivity contribution in [2.24, 2.45) is 0 Å². The van der Waals surface area contributed by atoms with Crippen molar-refractivity contribution < 1.29 is 13.5 Å². The molecule has 1 aliphatic heterocycles. The van der Waals surface area contributed by atoms with Crippen LogP contribution >= 0.6 is 0 Å². The second kappa shape index (κ2) is 8.15. The van der Waals surface area contributed by atoms with E-state index in [0.717, 1.165) is 42.6 Å². The minimum absolute atomic E-state index is 0.260. The van der Waals surface area contributed by atoms with Crippen molar-refractivity contribution in [1.82, 2.24) is 9.47 Å². The molecule has 4 rings (SSSR count). The first-order valence-electron chi connectivity index (χ1n) is 9.71. The molecule has 1 aliphatic rings. The minimum Gasteiger partial charge on any atom is -0.494 e. The fourth-order valence-corrected chi connectivity index (χ4v) is 3.98. The van der Waals surface area contributed by atoms with Gasteiger partial charge in [0.2, 0.25) is 0 Å². The van der Waals surface area contributed by atoms with Gasteiger partial charge >= 0.3 is 0 Å². The summed E-state index contributed by atoms with van der Waals surface area (Å²) in [5.74, 6) is -0.211. The van der Waals surface area contributed by atoms with Gasteiger partial charge in [0.05, 0.1) is 12.6 Å². The highest BCUT2D eigenvalue weighted by molar-refractivity contribution is 5.32. The smallest absolute Gasteiger partial charge is 0.131 e. The van der Waals surface area contributed by atoms with Gasteiger partial charge in [0.1, 0.15) is 17.4 Å². The van der Waals surface area contributed by atoms with Crippen LogP contribution in [0.4, 0.5) is 8.78 Å². The molecule has 0 bridgehead atoms. The molecule has 0 saturated heterocycles. The average molecular weight is 382 g/mol. The second-order valence-electron chi connectivity index (χ2n) is 7.10. The van der Waals surface area contributed by atoms with Gasteiger partial charge < -0.3 is 9.30 Å². The Kier molecular flexibility index (Phi) is 5.44. The van der Waals surface area contributed by atoms with Gasteiger partial charge in [0, 0.05) is 43.2 Å². The van der Waals surface area contributed by atoms with Gasteiger partial charge in [-0.15, -0.1) is 0 Å². The molecule has 3 nitrogen and oxygen atoms in total. The normalized spacial score (nSPS) is 17.2.